The van der Waals surface area contributed by atoms with Crippen molar-refractivity contribution in [2.75, 3.05) is 27.6 Å². The number of ether oxygens (including phenoxy) is 4. The summed E-state index contributed by atoms with van der Waals surface area (Å²) < 4.78 is 20.8. The van der Waals surface area contributed by atoms with Crippen LogP contribution in [0.3, 0.4) is 0 Å². The van der Waals surface area contributed by atoms with Gasteiger partial charge in [-0.1, -0.05) is 6.07 Å². The zero-order chi connectivity index (χ0) is 17.8. The minimum Gasteiger partial charge on any atom is -0.493 e. The summed E-state index contributed by atoms with van der Waals surface area (Å²) >= 11 is 0. The lowest BCUT2D eigenvalue weighted by Crippen LogP contribution is -2.28. The zero-order valence-electron chi connectivity index (χ0n) is 13.9. The van der Waals surface area contributed by atoms with Crippen LogP contribution in [0, 0.1) is 0 Å². The minimum atomic E-state index is -0.877. The van der Waals surface area contributed by atoms with Crippen LogP contribution in [0.2, 0.25) is 0 Å². The zero-order valence-corrected chi connectivity index (χ0v) is 13.9. The Balaban J connectivity index is 1.63. The maximum Gasteiger partial charge on any atom is 0.251 e. The summed E-state index contributed by atoms with van der Waals surface area (Å²) in [5.41, 5.74) is 1.05. The maximum absolute atomic E-state index is 12.2. The number of nitrogens with one attached hydrogen (secondary N) is 1. The van der Waals surface area contributed by atoms with Crippen LogP contribution in [0.25, 0.3) is 0 Å². The van der Waals surface area contributed by atoms with Crippen LogP contribution in [0.15, 0.2) is 36.4 Å². The molecular weight excluding hydrogens is 326 g/mol. The van der Waals surface area contributed by atoms with Gasteiger partial charge in [-0.15, -0.1) is 0 Å². The molecule has 0 saturated heterocycles. The molecule has 0 bridgehead atoms. The molecule has 2 N–H and O–H groups in total. The van der Waals surface area contributed by atoms with Gasteiger partial charge < -0.3 is 29.4 Å². The summed E-state index contributed by atoms with van der Waals surface area (Å²) in [5.74, 6) is 1.93. The molecule has 132 valence electrons. The first-order valence-corrected chi connectivity index (χ1v) is 7.70. The lowest BCUT2D eigenvalue weighted by Gasteiger charge is -2.15. The Labute approximate surface area is 145 Å². The van der Waals surface area contributed by atoms with Crippen LogP contribution >= 0.6 is 0 Å². The van der Waals surface area contributed by atoms with E-state index in [1.807, 2.05) is 0 Å². The van der Waals surface area contributed by atoms with Gasteiger partial charge in [0.15, 0.2) is 23.0 Å². The number of fused-ring (bicyclic) bond motifs is 1. The van der Waals surface area contributed by atoms with Gasteiger partial charge in [0.05, 0.1) is 20.3 Å². The van der Waals surface area contributed by atoms with Crippen molar-refractivity contribution in [1.82, 2.24) is 5.32 Å². The average Bonchev–Trinajstić information content (AvgIpc) is 3.12. The number of carbonyl (C=O) groups is 1. The molecule has 0 saturated carbocycles. The number of aliphatic hydroxyl groups excluding tert-OH is 1. The van der Waals surface area contributed by atoms with Crippen LogP contribution in [-0.2, 0) is 0 Å². The van der Waals surface area contributed by atoms with Gasteiger partial charge in [0.25, 0.3) is 5.91 Å². The van der Waals surface area contributed by atoms with Gasteiger partial charge in [-0.05, 0) is 35.9 Å². The standard InChI is InChI=1S/C18H19NO6/c1-22-14-5-3-11(7-16(14)23-2)13(20)9-19-18(21)12-4-6-15-17(8-12)25-10-24-15/h3-8,13,20H,9-10H2,1-2H3,(H,19,21)/t13-/m0/s1. The molecule has 1 aliphatic rings. The predicted octanol–water partition coefficient (Wildman–Crippen LogP) is 1.90. The quantitative estimate of drug-likeness (QED) is 0.832. The molecule has 2 aromatic rings. The number of methoxy groups -OCH3 is 2. The molecule has 0 radical (unpaired) electrons. The largest absolute Gasteiger partial charge is 0.493 e. The average molecular weight is 345 g/mol. The topological polar surface area (TPSA) is 86.3 Å². The van der Waals surface area contributed by atoms with Crippen molar-refractivity contribution < 1.29 is 28.8 Å². The minimum absolute atomic E-state index is 0.0583. The van der Waals surface area contributed by atoms with E-state index in [2.05, 4.69) is 5.32 Å². The monoisotopic (exact) mass is 345 g/mol. The smallest absolute Gasteiger partial charge is 0.251 e. The molecule has 25 heavy (non-hydrogen) atoms. The van der Waals surface area contributed by atoms with Crippen molar-refractivity contribution in [2.24, 2.45) is 0 Å². The third-order valence-corrected chi connectivity index (χ3v) is 3.88. The van der Waals surface area contributed by atoms with Crippen molar-refractivity contribution in [3.8, 4) is 23.0 Å². The Morgan fingerprint density at radius 2 is 1.88 bits per heavy atom. The number of hydrogen-bond donors (Lipinski definition) is 2. The van der Waals surface area contributed by atoms with Crippen LogP contribution in [-0.4, -0.2) is 38.6 Å². The highest BCUT2D eigenvalue weighted by atomic mass is 16.7. The van der Waals surface area contributed by atoms with E-state index in [1.54, 1.807) is 43.5 Å². The van der Waals surface area contributed by atoms with Gasteiger partial charge in [0, 0.05) is 12.1 Å². The van der Waals surface area contributed by atoms with E-state index >= 15 is 0 Å². The van der Waals surface area contributed by atoms with Crippen LogP contribution in [0.5, 0.6) is 23.0 Å². The van der Waals surface area contributed by atoms with E-state index < -0.39 is 6.10 Å². The molecule has 1 aliphatic heterocycles. The number of benzene rings is 2. The molecule has 3 rings (SSSR count). The third-order valence-electron chi connectivity index (χ3n) is 3.88. The number of carbonyl (C=O) groups excluding carboxylic acids is 1. The highest BCUT2D eigenvalue weighted by Crippen LogP contribution is 2.32. The SMILES string of the molecule is COc1ccc([C@@H](O)CNC(=O)c2ccc3c(c2)OCO3)cc1OC. The number of rotatable bonds is 6. The predicted molar refractivity (Wildman–Crippen MR) is 89.4 cm³/mol. The van der Waals surface area contributed by atoms with Crippen molar-refractivity contribution in [3.05, 3.63) is 47.5 Å². The molecule has 0 fully saturated rings. The van der Waals surface area contributed by atoms with Gasteiger partial charge in [-0.25, -0.2) is 0 Å². The summed E-state index contributed by atoms with van der Waals surface area (Å²) in [5, 5.41) is 13.0. The first-order valence-electron chi connectivity index (χ1n) is 7.70. The van der Waals surface area contributed by atoms with Gasteiger partial charge >= 0.3 is 0 Å². The normalized spacial score (nSPS) is 13.2. The number of aliphatic hydroxyl groups is 1. The second kappa shape index (κ2) is 7.31. The van der Waals surface area contributed by atoms with Crippen molar-refractivity contribution in [3.63, 3.8) is 0 Å². The first-order chi connectivity index (χ1) is 12.1. The lowest BCUT2D eigenvalue weighted by molar-refractivity contribution is 0.0915. The number of amides is 1. The first kappa shape index (κ1) is 16.9. The summed E-state index contributed by atoms with van der Waals surface area (Å²) in [6.45, 7) is 0.210. The fraction of sp³-hybridized carbons (Fsp3) is 0.278. The van der Waals surface area contributed by atoms with Gasteiger partial charge in [-0.3, -0.25) is 4.79 Å². The summed E-state index contributed by atoms with van der Waals surface area (Å²) in [6.07, 6.45) is -0.877. The van der Waals surface area contributed by atoms with E-state index in [0.29, 0.717) is 34.1 Å². The van der Waals surface area contributed by atoms with Crippen molar-refractivity contribution in [1.29, 1.82) is 0 Å². The van der Waals surface area contributed by atoms with Gasteiger partial charge in [-0.2, -0.15) is 0 Å². The molecule has 0 spiro atoms. The lowest BCUT2D eigenvalue weighted by atomic mass is 10.1. The third kappa shape index (κ3) is 3.61. The summed E-state index contributed by atoms with van der Waals surface area (Å²) in [4.78, 5) is 12.2. The summed E-state index contributed by atoms with van der Waals surface area (Å²) in [6, 6.07) is 10.0. The van der Waals surface area contributed by atoms with Gasteiger partial charge in [0.2, 0.25) is 6.79 Å². The van der Waals surface area contributed by atoms with Gasteiger partial charge in [0.1, 0.15) is 0 Å². The van der Waals surface area contributed by atoms with Crippen LogP contribution < -0.4 is 24.3 Å². The molecule has 0 aromatic heterocycles. The second-order valence-corrected chi connectivity index (χ2v) is 5.41. The Bertz CT molecular complexity index is 776. The van der Waals surface area contributed by atoms with E-state index in [0.717, 1.165) is 0 Å². The van der Waals surface area contributed by atoms with E-state index in [4.69, 9.17) is 18.9 Å². The van der Waals surface area contributed by atoms with Crippen molar-refractivity contribution >= 4 is 5.91 Å². The van der Waals surface area contributed by atoms with E-state index in [9.17, 15) is 9.90 Å². The fourth-order valence-corrected chi connectivity index (χ4v) is 2.51. The number of hydrogen-bond acceptors (Lipinski definition) is 6. The molecule has 0 unspecified atom stereocenters. The molecular formula is C18H19NO6. The molecule has 0 aliphatic carbocycles. The Kier molecular flexibility index (Phi) is 4.95. The molecule has 7 nitrogen and oxygen atoms in total. The van der Waals surface area contributed by atoms with Crippen LogP contribution in [0.1, 0.15) is 22.0 Å². The molecule has 1 amide bonds. The molecule has 7 heteroatoms. The molecule has 1 atom stereocenters. The molecule has 2 aromatic carbocycles. The molecule has 1 heterocycles. The maximum atomic E-state index is 12.2. The fourth-order valence-electron chi connectivity index (χ4n) is 2.51. The van der Waals surface area contributed by atoms with Crippen molar-refractivity contribution in [2.45, 2.75) is 6.10 Å². The Morgan fingerprint density at radius 1 is 1.12 bits per heavy atom. The highest BCUT2D eigenvalue weighted by Gasteiger charge is 2.17. The Morgan fingerprint density at radius 3 is 2.64 bits per heavy atom. The Hall–Kier alpha value is -2.93. The second-order valence-electron chi connectivity index (χ2n) is 5.41. The van der Waals surface area contributed by atoms with E-state index in [1.165, 1.54) is 7.11 Å². The van der Waals surface area contributed by atoms with E-state index in [-0.39, 0.29) is 19.2 Å². The highest BCUT2D eigenvalue weighted by molar-refractivity contribution is 5.94. The summed E-state index contributed by atoms with van der Waals surface area (Å²) in [7, 11) is 3.06. The van der Waals surface area contributed by atoms with Crippen LogP contribution in [0.4, 0.5) is 0 Å².